The molecule has 1 rings (SSSR count). The number of hydrogen-bond acceptors (Lipinski definition) is 5. The number of sulfone groups is 1. The first-order valence-corrected chi connectivity index (χ1v) is 7.71. The summed E-state index contributed by atoms with van der Waals surface area (Å²) in [6, 6.07) is 0. The van der Waals surface area contributed by atoms with Gasteiger partial charge in [0.05, 0.1) is 11.0 Å². The van der Waals surface area contributed by atoms with Crippen LogP contribution in [0, 0.1) is 0 Å². The molecular formula is C11H22N2O4S. The number of ether oxygens (including phenoxy) is 1. The van der Waals surface area contributed by atoms with E-state index in [1.165, 1.54) is 4.90 Å². The SMILES string of the molecule is CNCC1CN(C(=O)OC(C)(C)C)CCS1(=O)=O. The molecule has 1 aliphatic heterocycles. The molecule has 0 saturated carbocycles. The van der Waals surface area contributed by atoms with Gasteiger partial charge in [0.2, 0.25) is 0 Å². The second kappa shape index (κ2) is 5.44. The van der Waals surface area contributed by atoms with E-state index in [2.05, 4.69) is 5.32 Å². The van der Waals surface area contributed by atoms with Crippen molar-refractivity contribution in [3.8, 4) is 0 Å². The lowest BCUT2D eigenvalue weighted by Crippen LogP contribution is -2.53. The van der Waals surface area contributed by atoms with Gasteiger partial charge in [-0.2, -0.15) is 0 Å². The summed E-state index contributed by atoms with van der Waals surface area (Å²) in [5, 5.41) is 2.29. The molecule has 0 radical (unpaired) electrons. The number of rotatable bonds is 2. The highest BCUT2D eigenvalue weighted by molar-refractivity contribution is 7.92. The van der Waals surface area contributed by atoms with Gasteiger partial charge >= 0.3 is 6.09 Å². The molecule has 7 heteroatoms. The molecule has 0 bridgehead atoms. The van der Waals surface area contributed by atoms with Gasteiger partial charge in [0.15, 0.2) is 9.84 Å². The maximum Gasteiger partial charge on any atom is 0.410 e. The van der Waals surface area contributed by atoms with Crippen LogP contribution in [-0.2, 0) is 14.6 Å². The van der Waals surface area contributed by atoms with Crippen molar-refractivity contribution in [3.63, 3.8) is 0 Å². The lowest BCUT2D eigenvalue weighted by Gasteiger charge is -2.33. The molecule has 1 amide bonds. The molecule has 0 spiro atoms. The first kappa shape index (κ1) is 15.2. The van der Waals surface area contributed by atoms with E-state index in [0.29, 0.717) is 6.54 Å². The molecule has 1 atom stereocenters. The fraction of sp³-hybridized carbons (Fsp3) is 0.909. The Kier molecular flexibility index (Phi) is 4.61. The zero-order chi connectivity index (χ0) is 14.0. The Morgan fingerprint density at radius 3 is 2.56 bits per heavy atom. The maximum atomic E-state index is 11.9. The summed E-state index contributed by atoms with van der Waals surface area (Å²) in [6.45, 7) is 6.11. The van der Waals surface area contributed by atoms with E-state index in [-0.39, 0.29) is 18.8 Å². The van der Waals surface area contributed by atoms with Crippen molar-refractivity contribution in [2.75, 3.05) is 32.4 Å². The molecule has 106 valence electrons. The molecule has 1 fully saturated rings. The Balaban J connectivity index is 2.69. The van der Waals surface area contributed by atoms with Crippen molar-refractivity contribution in [2.45, 2.75) is 31.6 Å². The summed E-state index contributed by atoms with van der Waals surface area (Å²) in [5.41, 5.74) is -0.564. The van der Waals surface area contributed by atoms with Gasteiger partial charge in [-0.05, 0) is 27.8 Å². The molecule has 0 aliphatic carbocycles. The third kappa shape index (κ3) is 4.13. The van der Waals surface area contributed by atoms with Crippen molar-refractivity contribution < 1.29 is 17.9 Å². The minimum atomic E-state index is -3.11. The Labute approximate surface area is 109 Å². The molecule has 0 aromatic carbocycles. The molecule has 18 heavy (non-hydrogen) atoms. The summed E-state index contributed by atoms with van der Waals surface area (Å²) in [7, 11) is -1.41. The highest BCUT2D eigenvalue weighted by Gasteiger charge is 2.35. The monoisotopic (exact) mass is 278 g/mol. The Hall–Kier alpha value is -0.820. The van der Waals surface area contributed by atoms with E-state index in [1.54, 1.807) is 27.8 Å². The Morgan fingerprint density at radius 2 is 2.06 bits per heavy atom. The van der Waals surface area contributed by atoms with E-state index in [9.17, 15) is 13.2 Å². The van der Waals surface area contributed by atoms with Crippen LogP contribution in [0.3, 0.4) is 0 Å². The van der Waals surface area contributed by atoms with Crippen LogP contribution in [0.15, 0.2) is 0 Å². The highest BCUT2D eigenvalue weighted by atomic mass is 32.2. The smallest absolute Gasteiger partial charge is 0.410 e. The minimum absolute atomic E-state index is 0.00140. The molecular weight excluding hydrogens is 256 g/mol. The minimum Gasteiger partial charge on any atom is -0.444 e. The first-order valence-electron chi connectivity index (χ1n) is 6.00. The van der Waals surface area contributed by atoms with E-state index < -0.39 is 26.8 Å². The number of nitrogens with zero attached hydrogens (tertiary/aromatic N) is 1. The van der Waals surface area contributed by atoms with Crippen LogP contribution in [0.4, 0.5) is 4.79 Å². The van der Waals surface area contributed by atoms with Crippen LogP contribution < -0.4 is 5.32 Å². The maximum absolute atomic E-state index is 11.9. The lowest BCUT2D eigenvalue weighted by molar-refractivity contribution is 0.0254. The van der Waals surface area contributed by atoms with Crippen LogP contribution in [-0.4, -0.2) is 62.7 Å². The molecule has 1 unspecified atom stereocenters. The Morgan fingerprint density at radius 1 is 1.44 bits per heavy atom. The average molecular weight is 278 g/mol. The van der Waals surface area contributed by atoms with Crippen LogP contribution in [0.2, 0.25) is 0 Å². The number of carbonyl (C=O) groups excluding carboxylic acids is 1. The van der Waals surface area contributed by atoms with Crippen LogP contribution in [0.5, 0.6) is 0 Å². The summed E-state index contributed by atoms with van der Waals surface area (Å²) in [4.78, 5) is 13.3. The van der Waals surface area contributed by atoms with Crippen molar-refractivity contribution >= 4 is 15.9 Å². The quantitative estimate of drug-likeness (QED) is 0.783. The molecule has 0 aromatic rings. The second-order valence-electron chi connectivity index (χ2n) is 5.47. The van der Waals surface area contributed by atoms with Gasteiger partial charge in [-0.15, -0.1) is 0 Å². The average Bonchev–Trinajstić information content (AvgIpc) is 2.18. The first-order chi connectivity index (χ1) is 8.15. The Bertz CT molecular complexity index is 400. The fourth-order valence-corrected chi connectivity index (χ4v) is 3.40. The molecule has 1 N–H and O–H groups in total. The van der Waals surface area contributed by atoms with Gasteiger partial charge in [0, 0.05) is 19.6 Å². The van der Waals surface area contributed by atoms with Gasteiger partial charge < -0.3 is 15.0 Å². The molecule has 6 nitrogen and oxygen atoms in total. The van der Waals surface area contributed by atoms with Crippen molar-refractivity contribution in [3.05, 3.63) is 0 Å². The summed E-state index contributed by atoms with van der Waals surface area (Å²) in [5.74, 6) is -0.00140. The summed E-state index contributed by atoms with van der Waals surface area (Å²) >= 11 is 0. The van der Waals surface area contributed by atoms with Crippen molar-refractivity contribution in [2.24, 2.45) is 0 Å². The molecule has 1 heterocycles. The van der Waals surface area contributed by atoms with Crippen LogP contribution >= 0.6 is 0 Å². The molecule has 1 aliphatic rings. The van der Waals surface area contributed by atoms with E-state index in [1.807, 2.05) is 0 Å². The predicted molar refractivity (Wildman–Crippen MR) is 69.3 cm³/mol. The van der Waals surface area contributed by atoms with Gasteiger partial charge in [-0.1, -0.05) is 0 Å². The third-order valence-electron chi connectivity index (χ3n) is 2.66. The number of amides is 1. The van der Waals surface area contributed by atoms with Gasteiger partial charge in [-0.25, -0.2) is 13.2 Å². The summed E-state index contributed by atoms with van der Waals surface area (Å²) < 4.78 is 28.9. The third-order valence-corrected chi connectivity index (χ3v) is 4.74. The fourth-order valence-electron chi connectivity index (χ4n) is 1.77. The molecule has 1 saturated heterocycles. The van der Waals surface area contributed by atoms with E-state index in [0.717, 1.165) is 0 Å². The highest BCUT2D eigenvalue weighted by Crippen LogP contribution is 2.16. The van der Waals surface area contributed by atoms with Crippen LogP contribution in [0.25, 0.3) is 0 Å². The largest absolute Gasteiger partial charge is 0.444 e. The predicted octanol–water partition coefficient (Wildman–Crippen LogP) is 0.240. The van der Waals surface area contributed by atoms with Crippen molar-refractivity contribution in [1.82, 2.24) is 10.2 Å². The van der Waals surface area contributed by atoms with Crippen molar-refractivity contribution in [1.29, 1.82) is 0 Å². The van der Waals surface area contributed by atoms with Gasteiger partial charge in [-0.3, -0.25) is 0 Å². The topological polar surface area (TPSA) is 75.7 Å². The zero-order valence-corrected chi connectivity index (χ0v) is 12.2. The zero-order valence-electron chi connectivity index (χ0n) is 11.4. The molecule has 0 aromatic heterocycles. The normalized spacial score (nSPS) is 23.8. The standard InChI is InChI=1S/C11H22N2O4S/c1-11(2,3)17-10(14)13-5-6-18(15,16)9(8-13)7-12-4/h9,12H,5-8H2,1-4H3. The lowest BCUT2D eigenvalue weighted by atomic mass is 10.2. The summed E-state index contributed by atoms with van der Waals surface area (Å²) in [6.07, 6.45) is -0.446. The van der Waals surface area contributed by atoms with Crippen LogP contribution in [0.1, 0.15) is 20.8 Å². The number of nitrogens with one attached hydrogen (secondary N) is 1. The van der Waals surface area contributed by atoms with E-state index in [4.69, 9.17) is 4.74 Å². The van der Waals surface area contributed by atoms with E-state index >= 15 is 0 Å². The number of hydrogen-bond donors (Lipinski definition) is 1. The van der Waals surface area contributed by atoms with Gasteiger partial charge in [0.1, 0.15) is 5.60 Å². The second-order valence-corrected chi connectivity index (χ2v) is 7.87. The van der Waals surface area contributed by atoms with Gasteiger partial charge in [0.25, 0.3) is 0 Å². The number of carbonyl (C=O) groups is 1.